The number of aromatic nitrogens is 2. The molecule has 0 aliphatic carbocycles. The molecule has 2 aromatic heterocycles. The summed E-state index contributed by atoms with van der Waals surface area (Å²) >= 11 is 1.83. The summed E-state index contributed by atoms with van der Waals surface area (Å²) < 4.78 is 2.52. The molecule has 8 aromatic carbocycles. The molecule has 0 bridgehead atoms. The molecule has 3 heteroatoms. The average molecular weight is 697 g/mol. The first-order valence-corrected chi connectivity index (χ1v) is 19.1. The molecule has 0 radical (unpaired) electrons. The molecule has 0 spiro atoms. The monoisotopic (exact) mass is 696 g/mol. The topological polar surface area (TPSA) is 25.8 Å². The quantitative estimate of drug-likeness (QED) is 0.171. The summed E-state index contributed by atoms with van der Waals surface area (Å²) in [6.07, 6.45) is 0. The van der Waals surface area contributed by atoms with Crippen molar-refractivity contribution >= 4 is 63.8 Å². The van der Waals surface area contributed by atoms with Gasteiger partial charge in [0.15, 0.2) is 5.82 Å². The Morgan fingerprint density at radius 2 is 0.962 bits per heavy atom. The van der Waals surface area contributed by atoms with Crippen molar-refractivity contribution in [1.82, 2.24) is 9.97 Å². The summed E-state index contributed by atoms with van der Waals surface area (Å²) in [5, 5.41) is 10.1. The lowest BCUT2D eigenvalue weighted by molar-refractivity contribution is 0.591. The third kappa shape index (κ3) is 5.31. The minimum absolute atomic E-state index is 0.0630. The lowest BCUT2D eigenvalue weighted by Crippen LogP contribution is -2.10. The highest BCUT2D eigenvalue weighted by atomic mass is 32.1. The third-order valence-electron chi connectivity index (χ3n) is 10.7. The van der Waals surface area contributed by atoms with Crippen LogP contribution in [-0.4, -0.2) is 9.97 Å². The maximum Gasteiger partial charge on any atom is 0.160 e. The van der Waals surface area contributed by atoms with Crippen LogP contribution in [0.1, 0.15) is 26.3 Å². The van der Waals surface area contributed by atoms with Crippen molar-refractivity contribution in [1.29, 1.82) is 0 Å². The van der Waals surface area contributed by atoms with Gasteiger partial charge in [0, 0.05) is 36.9 Å². The van der Waals surface area contributed by atoms with Gasteiger partial charge in [-0.1, -0.05) is 160 Å². The summed E-state index contributed by atoms with van der Waals surface area (Å²) in [4.78, 5) is 10.8. The van der Waals surface area contributed by atoms with Crippen LogP contribution in [0.2, 0.25) is 0 Å². The van der Waals surface area contributed by atoms with E-state index >= 15 is 0 Å². The first kappa shape index (κ1) is 31.6. The highest BCUT2D eigenvalue weighted by molar-refractivity contribution is 7.26. The van der Waals surface area contributed by atoms with Crippen LogP contribution in [0.15, 0.2) is 164 Å². The van der Waals surface area contributed by atoms with Gasteiger partial charge in [0.05, 0.1) is 11.4 Å². The molecule has 10 aromatic rings. The SMILES string of the molecule is CC(C)(C)c1ccc2c3ccc(-c4nc(-c5ccccc5-c5ccccc5)cc(-c5cccc6c5sc5ccccc56)n4)cc3c3ccccc3c2c1. The Morgan fingerprint density at radius 1 is 0.396 bits per heavy atom. The number of hydrogen-bond acceptors (Lipinski definition) is 3. The van der Waals surface area contributed by atoms with Gasteiger partial charge in [0.1, 0.15) is 0 Å². The zero-order chi connectivity index (χ0) is 35.7. The standard InChI is InChI=1S/C50H36N2S/c1-50(2,3)33-25-27-38-37-26-24-32(28-43(37)35-17-8-9-18-36(35)44(38)29-33)49-51-45(39-19-10-7-16-34(39)31-14-5-4-6-15-31)30-46(52-49)42-22-13-21-41-40-20-11-12-23-47(40)53-48(41)42/h4-30H,1-3H3. The van der Waals surface area contributed by atoms with Crippen molar-refractivity contribution < 1.29 is 0 Å². The molecule has 0 amide bonds. The normalized spacial score (nSPS) is 12.1. The second-order valence-corrected chi connectivity index (χ2v) is 16.0. The van der Waals surface area contributed by atoms with E-state index in [-0.39, 0.29) is 5.41 Å². The predicted molar refractivity (Wildman–Crippen MR) is 228 cm³/mol. The van der Waals surface area contributed by atoms with Gasteiger partial charge in [-0.25, -0.2) is 9.97 Å². The summed E-state index contributed by atoms with van der Waals surface area (Å²) in [6, 6.07) is 59.2. The Morgan fingerprint density at radius 3 is 1.72 bits per heavy atom. The molecule has 0 atom stereocenters. The van der Waals surface area contributed by atoms with E-state index in [1.165, 1.54) is 58.1 Å². The van der Waals surface area contributed by atoms with E-state index in [0.717, 1.165) is 39.2 Å². The first-order valence-electron chi connectivity index (χ1n) is 18.2. The number of nitrogens with zero attached hydrogens (tertiary/aromatic N) is 2. The smallest absolute Gasteiger partial charge is 0.160 e. The van der Waals surface area contributed by atoms with E-state index in [9.17, 15) is 0 Å². The number of thiophene rings is 1. The first-order chi connectivity index (χ1) is 25.9. The fraction of sp³-hybridized carbons (Fsp3) is 0.0800. The van der Waals surface area contributed by atoms with Crippen LogP contribution in [-0.2, 0) is 5.41 Å². The highest BCUT2D eigenvalue weighted by Crippen LogP contribution is 2.43. The summed E-state index contributed by atoms with van der Waals surface area (Å²) in [5.74, 6) is 0.715. The molecular formula is C50H36N2S. The van der Waals surface area contributed by atoms with Crippen LogP contribution in [0.4, 0.5) is 0 Å². The van der Waals surface area contributed by atoms with Crippen LogP contribution >= 0.6 is 11.3 Å². The minimum Gasteiger partial charge on any atom is -0.228 e. The largest absolute Gasteiger partial charge is 0.228 e. The second-order valence-electron chi connectivity index (χ2n) is 15.0. The van der Waals surface area contributed by atoms with Crippen molar-refractivity contribution in [3.8, 4) is 45.0 Å². The van der Waals surface area contributed by atoms with Gasteiger partial charge in [0.25, 0.3) is 0 Å². The molecule has 0 fully saturated rings. The van der Waals surface area contributed by atoms with Crippen molar-refractivity contribution in [3.05, 3.63) is 169 Å². The lowest BCUT2D eigenvalue weighted by atomic mass is 9.84. The van der Waals surface area contributed by atoms with Gasteiger partial charge in [-0.15, -0.1) is 11.3 Å². The van der Waals surface area contributed by atoms with Crippen molar-refractivity contribution in [2.75, 3.05) is 0 Å². The van der Waals surface area contributed by atoms with E-state index < -0.39 is 0 Å². The van der Waals surface area contributed by atoms with E-state index in [0.29, 0.717) is 5.82 Å². The molecule has 10 rings (SSSR count). The van der Waals surface area contributed by atoms with Gasteiger partial charge in [-0.3, -0.25) is 0 Å². The Hall–Kier alpha value is -6.16. The third-order valence-corrected chi connectivity index (χ3v) is 11.9. The number of rotatable bonds is 4. The molecule has 2 heterocycles. The maximum absolute atomic E-state index is 5.41. The van der Waals surface area contributed by atoms with Crippen LogP contribution in [0, 0.1) is 0 Å². The number of hydrogen-bond donors (Lipinski definition) is 0. The summed E-state index contributed by atoms with van der Waals surface area (Å²) in [5.41, 5.74) is 8.74. The van der Waals surface area contributed by atoms with E-state index in [4.69, 9.17) is 9.97 Å². The Labute approximate surface area is 313 Å². The fourth-order valence-corrected chi connectivity index (χ4v) is 9.16. The van der Waals surface area contributed by atoms with Crippen molar-refractivity contribution in [3.63, 3.8) is 0 Å². The zero-order valence-corrected chi connectivity index (χ0v) is 30.7. The molecule has 0 saturated carbocycles. The molecule has 2 nitrogen and oxygen atoms in total. The molecule has 0 unspecified atom stereocenters. The fourth-order valence-electron chi connectivity index (χ4n) is 7.94. The molecule has 0 saturated heterocycles. The van der Waals surface area contributed by atoms with Gasteiger partial charge in [-0.05, 0) is 78.7 Å². The molecular weight excluding hydrogens is 661 g/mol. The number of fused-ring (bicyclic) bond motifs is 9. The Bertz CT molecular complexity index is 3020. The molecule has 0 aliphatic rings. The highest BCUT2D eigenvalue weighted by Gasteiger charge is 2.19. The van der Waals surface area contributed by atoms with Crippen molar-refractivity contribution in [2.24, 2.45) is 0 Å². The van der Waals surface area contributed by atoms with Crippen LogP contribution in [0.5, 0.6) is 0 Å². The second kappa shape index (κ2) is 12.2. The van der Waals surface area contributed by atoms with Crippen LogP contribution < -0.4 is 0 Å². The number of benzene rings is 8. The minimum atomic E-state index is 0.0630. The average Bonchev–Trinajstić information content (AvgIpc) is 3.59. The van der Waals surface area contributed by atoms with Crippen molar-refractivity contribution in [2.45, 2.75) is 26.2 Å². The summed E-state index contributed by atoms with van der Waals surface area (Å²) in [6.45, 7) is 6.85. The van der Waals surface area contributed by atoms with E-state index in [2.05, 4.69) is 185 Å². The van der Waals surface area contributed by atoms with Gasteiger partial charge >= 0.3 is 0 Å². The van der Waals surface area contributed by atoms with E-state index in [1.54, 1.807) is 0 Å². The lowest BCUT2D eigenvalue weighted by Gasteiger charge is -2.21. The van der Waals surface area contributed by atoms with Crippen LogP contribution in [0.25, 0.3) is 97.5 Å². The molecule has 0 N–H and O–H groups in total. The maximum atomic E-state index is 5.41. The summed E-state index contributed by atoms with van der Waals surface area (Å²) in [7, 11) is 0. The Kier molecular flexibility index (Phi) is 7.28. The molecule has 252 valence electrons. The zero-order valence-electron chi connectivity index (χ0n) is 29.9. The molecule has 0 aliphatic heterocycles. The molecule has 53 heavy (non-hydrogen) atoms. The predicted octanol–water partition coefficient (Wildman–Crippen LogP) is 14.3. The van der Waals surface area contributed by atoms with Gasteiger partial charge in [0.2, 0.25) is 0 Å². The van der Waals surface area contributed by atoms with Crippen LogP contribution in [0.3, 0.4) is 0 Å². The van der Waals surface area contributed by atoms with Gasteiger partial charge < -0.3 is 0 Å². The van der Waals surface area contributed by atoms with Gasteiger partial charge in [-0.2, -0.15) is 0 Å². The van der Waals surface area contributed by atoms with E-state index in [1.807, 2.05) is 11.3 Å². The Balaban J connectivity index is 1.24.